The number of halogens is 2. The van der Waals surface area contributed by atoms with Gasteiger partial charge in [0.05, 0.1) is 30.3 Å². The van der Waals surface area contributed by atoms with Gasteiger partial charge in [-0.3, -0.25) is 23.8 Å². The zero-order chi connectivity index (χ0) is 23.0. The first-order valence-electron chi connectivity index (χ1n) is 9.69. The number of hydrogen-bond donors (Lipinski definition) is 1. The van der Waals surface area contributed by atoms with Gasteiger partial charge in [-0.15, -0.1) is 11.3 Å². The van der Waals surface area contributed by atoms with Gasteiger partial charge in [-0.25, -0.2) is 9.78 Å². The lowest BCUT2D eigenvalue weighted by molar-refractivity contribution is 0.0829. The van der Waals surface area contributed by atoms with Crippen molar-refractivity contribution in [2.45, 2.75) is 33.9 Å². The minimum Gasteiger partial charge on any atom is -0.394 e. The lowest BCUT2D eigenvalue weighted by Gasteiger charge is -2.20. The second-order valence-corrected chi connectivity index (χ2v) is 9.39. The van der Waals surface area contributed by atoms with Gasteiger partial charge in [-0.05, 0) is 12.8 Å². The van der Waals surface area contributed by atoms with Crippen LogP contribution in [0.3, 0.4) is 0 Å². The number of aryl methyl sites for hydroxylation is 1. The van der Waals surface area contributed by atoms with Crippen molar-refractivity contribution in [3.05, 3.63) is 41.8 Å². The van der Waals surface area contributed by atoms with E-state index in [0.717, 1.165) is 9.44 Å². The van der Waals surface area contributed by atoms with Gasteiger partial charge in [0.15, 0.2) is 5.15 Å². The molecular weight excluding hydrogens is 465 g/mol. The van der Waals surface area contributed by atoms with Crippen LogP contribution in [0.1, 0.15) is 24.5 Å². The van der Waals surface area contributed by atoms with Crippen molar-refractivity contribution in [1.82, 2.24) is 18.7 Å². The Kier molecular flexibility index (Phi) is 7.17. The molecule has 0 aromatic carbocycles. The molecule has 0 bridgehead atoms. The maximum atomic E-state index is 13.1. The highest BCUT2D eigenvalue weighted by Crippen LogP contribution is 2.37. The highest BCUT2D eigenvalue weighted by atomic mass is 35.5. The summed E-state index contributed by atoms with van der Waals surface area (Å²) in [6, 6.07) is 0. The normalized spacial score (nSPS) is 11.8. The molecule has 0 fully saturated rings. The van der Waals surface area contributed by atoms with Crippen molar-refractivity contribution >= 4 is 50.4 Å². The number of fused-ring (bicyclic) bond motifs is 1. The van der Waals surface area contributed by atoms with E-state index in [9.17, 15) is 14.7 Å². The number of imidazole rings is 1. The molecule has 1 N–H and O–H groups in total. The Morgan fingerprint density at radius 1 is 1.26 bits per heavy atom. The Morgan fingerprint density at radius 3 is 2.48 bits per heavy atom. The summed E-state index contributed by atoms with van der Waals surface area (Å²) in [5.74, 6) is 0.810. The average molecular weight is 490 g/mol. The predicted octanol–water partition coefficient (Wildman–Crippen LogP) is 2.64. The maximum Gasteiger partial charge on any atom is 0.331 e. The molecule has 12 heteroatoms. The third kappa shape index (κ3) is 4.40. The van der Waals surface area contributed by atoms with E-state index >= 15 is 0 Å². The molecule has 0 atom stereocenters. The maximum absolute atomic E-state index is 13.1. The largest absolute Gasteiger partial charge is 0.394 e. The van der Waals surface area contributed by atoms with Gasteiger partial charge in [0.25, 0.3) is 5.56 Å². The van der Waals surface area contributed by atoms with Crippen molar-refractivity contribution in [3.8, 4) is 0 Å². The van der Waals surface area contributed by atoms with Crippen molar-refractivity contribution in [3.63, 3.8) is 0 Å². The van der Waals surface area contributed by atoms with E-state index in [2.05, 4.69) is 4.98 Å². The van der Waals surface area contributed by atoms with Crippen LogP contribution >= 0.6 is 34.5 Å². The number of aromatic nitrogens is 4. The summed E-state index contributed by atoms with van der Waals surface area (Å²) in [4.78, 5) is 37.1. The lowest BCUT2D eigenvalue weighted by Crippen LogP contribution is -2.38. The van der Waals surface area contributed by atoms with Crippen LogP contribution in [0.4, 0.5) is 5.69 Å². The Balaban J connectivity index is 2.33. The van der Waals surface area contributed by atoms with Gasteiger partial charge in [-0.1, -0.05) is 37.0 Å². The zero-order valence-electron chi connectivity index (χ0n) is 18.0. The molecule has 3 aromatic rings. The minimum atomic E-state index is -0.413. The van der Waals surface area contributed by atoms with Crippen molar-refractivity contribution in [2.24, 2.45) is 13.0 Å². The molecule has 3 rings (SSSR count). The number of thiophene rings is 1. The molecule has 9 nitrogen and oxygen atoms in total. The summed E-state index contributed by atoms with van der Waals surface area (Å²) in [6.45, 7) is 6.41. The standard InChI is InChI=1S/C19H25Cl2N5O4S/c1-10(2)8-26-18-13(17(28)23(4)19(26)29)14(24(5)30-7-6-27)12(31-18)9-25-11(3)22-15(20)16(25)21/h10,27H,6-9H2,1-5H3. The fourth-order valence-electron chi connectivity index (χ4n) is 3.40. The molecule has 3 aromatic heterocycles. The summed E-state index contributed by atoms with van der Waals surface area (Å²) < 4.78 is 4.46. The fraction of sp³-hybridized carbons (Fsp3) is 0.526. The zero-order valence-corrected chi connectivity index (χ0v) is 20.3. The smallest absolute Gasteiger partial charge is 0.331 e. The van der Waals surface area contributed by atoms with E-state index in [1.165, 1.54) is 23.4 Å². The number of rotatable bonds is 8. The molecular formula is C19H25Cl2N5O4S. The highest BCUT2D eigenvalue weighted by Gasteiger charge is 2.25. The number of aliphatic hydroxyl groups is 1. The van der Waals surface area contributed by atoms with E-state index in [4.69, 9.17) is 28.0 Å². The van der Waals surface area contributed by atoms with E-state index in [0.29, 0.717) is 28.3 Å². The van der Waals surface area contributed by atoms with E-state index in [-0.39, 0.29) is 41.7 Å². The van der Waals surface area contributed by atoms with E-state index < -0.39 is 5.56 Å². The van der Waals surface area contributed by atoms with Gasteiger partial charge in [0, 0.05) is 20.6 Å². The second kappa shape index (κ2) is 9.33. The lowest BCUT2D eigenvalue weighted by atomic mass is 10.2. The molecule has 0 amide bonds. The molecule has 31 heavy (non-hydrogen) atoms. The third-order valence-electron chi connectivity index (χ3n) is 4.81. The van der Waals surface area contributed by atoms with Crippen LogP contribution in [0.25, 0.3) is 10.2 Å². The Hall–Kier alpha value is -1.85. The molecule has 0 unspecified atom stereocenters. The highest BCUT2D eigenvalue weighted by molar-refractivity contribution is 7.19. The summed E-state index contributed by atoms with van der Waals surface area (Å²) in [5.41, 5.74) is -0.264. The van der Waals surface area contributed by atoms with Gasteiger partial charge in [-0.2, -0.15) is 0 Å². The van der Waals surface area contributed by atoms with Crippen molar-refractivity contribution < 1.29 is 9.94 Å². The number of hydrogen-bond acceptors (Lipinski definition) is 7. The van der Waals surface area contributed by atoms with Crippen molar-refractivity contribution in [1.29, 1.82) is 0 Å². The summed E-state index contributed by atoms with van der Waals surface area (Å²) >= 11 is 13.7. The van der Waals surface area contributed by atoms with E-state index in [1.54, 1.807) is 23.1 Å². The molecule has 3 heterocycles. The molecule has 0 radical (unpaired) electrons. The number of nitrogens with zero attached hydrogens (tertiary/aromatic N) is 5. The summed E-state index contributed by atoms with van der Waals surface area (Å²) in [7, 11) is 3.13. The first-order chi connectivity index (χ1) is 14.6. The molecule has 170 valence electrons. The molecule has 0 saturated heterocycles. The van der Waals surface area contributed by atoms with Crippen LogP contribution in [0.5, 0.6) is 0 Å². The number of aliphatic hydroxyl groups excluding tert-OH is 1. The van der Waals surface area contributed by atoms with Gasteiger partial charge in [0.1, 0.15) is 21.2 Å². The Bertz CT molecular complexity index is 1230. The molecule has 0 aliphatic carbocycles. The van der Waals surface area contributed by atoms with Crippen LogP contribution in [0, 0.1) is 12.8 Å². The number of hydroxylamine groups is 1. The van der Waals surface area contributed by atoms with Crippen LogP contribution < -0.4 is 16.3 Å². The molecule has 0 spiro atoms. The fourth-order valence-corrected chi connectivity index (χ4v) is 5.15. The van der Waals surface area contributed by atoms with Crippen LogP contribution in [0.2, 0.25) is 10.3 Å². The van der Waals surface area contributed by atoms with Crippen LogP contribution in [0.15, 0.2) is 9.59 Å². The topological polar surface area (TPSA) is 94.5 Å². The van der Waals surface area contributed by atoms with Crippen molar-refractivity contribution in [2.75, 3.05) is 25.3 Å². The monoisotopic (exact) mass is 489 g/mol. The molecule has 0 aliphatic rings. The Labute approximate surface area is 193 Å². The summed E-state index contributed by atoms with van der Waals surface area (Å²) in [5, 5.41) is 11.5. The first kappa shape index (κ1) is 23.8. The SMILES string of the molecule is Cc1nc(Cl)c(Cl)n1Cc1sc2c(c1N(C)OCCO)c(=O)n(C)c(=O)n2CC(C)C. The van der Waals surface area contributed by atoms with Gasteiger partial charge < -0.3 is 9.67 Å². The predicted molar refractivity (Wildman–Crippen MR) is 124 cm³/mol. The Morgan fingerprint density at radius 2 is 1.94 bits per heavy atom. The quantitative estimate of drug-likeness (QED) is 0.488. The van der Waals surface area contributed by atoms with Gasteiger partial charge >= 0.3 is 5.69 Å². The molecule has 0 saturated carbocycles. The van der Waals surface area contributed by atoms with E-state index in [1.807, 2.05) is 13.8 Å². The second-order valence-electron chi connectivity index (χ2n) is 7.59. The molecule has 0 aliphatic heterocycles. The van der Waals surface area contributed by atoms with Gasteiger partial charge in [0.2, 0.25) is 0 Å². The third-order valence-corrected chi connectivity index (χ3v) is 6.74. The average Bonchev–Trinajstić information content (AvgIpc) is 3.20. The van der Waals surface area contributed by atoms with Crippen LogP contribution in [-0.4, -0.2) is 44.1 Å². The first-order valence-corrected chi connectivity index (χ1v) is 11.3. The minimum absolute atomic E-state index is 0.0515. The number of anilines is 1. The van der Waals surface area contributed by atoms with Crippen LogP contribution in [-0.2, 0) is 25.0 Å². The summed E-state index contributed by atoms with van der Waals surface area (Å²) in [6.07, 6.45) is 0.